The highest BCUT2D eigenvalue weighted by Gasteiger charge is 2.15. The topological polar surface area (TPSA) is 54.0 Å². The fourth-order valence-electron chi connectivity index (χ4n) is 1.90. The zero-order chi connectivity index (χ0) is 11.4. The van der Waals surface area contributed by atoms with Crippen LogP contribution in [0.1, 0.15) is 31.4 Å². The Hall–Kier alpha value is -0.940. The maximum Gasteiger partial charge on any atom is 0.226 e. The average Bonchev–Trinajstić information content (AvgIpc) is 2.87. The molecular weight excluding hydrogens is 222 g/mol. The number of rotatable bonds is 4. The number of carbonyl (C=O) groups excluding carboxylic acids is 1. The van der Waals surface area contributed by atoms with E-state index in [1.165, 1.54) is 24.2 Å². The van der Waals surface area contributed by atoms with Gasteiger partial charge < -0.3 is 10.6 Å². The summed E-state index contributed by atoms with van der Waals surface area (Å²) in [6.07, 6.45) is 3.94. The lowest BCUT2D eigenvalue weighted by atomic mass is 10.1. The van der Waals surface area contributed by atoms with E-state index in [2.05, 4.69) is 15.6 Å². The van der Waals surface area contributed by atoms with Crippen LogP contribution in [-0.4, -0.2) is 23.5 Å². The summed E-state index contributed by atoms with van der Waals surface area (Å²) in [6, 6.07) is 0.531. The normalized spacial score (nSPS) is 19.9. The minimum atomic E-state index is 0.0723. The Kier molecular flexibility index (Phi) is 3.90. The van der Waals surface area contributed by atoms with Gasteiger partial charge in [-0.25, -0.2) is 4.98 Å². The second kappa shape index (κ2) is 5.41. The number of anilines is 1. The predicted octanol–water partition coefficient (Wildman–Crippen LogP) is 1.92. The molecule has 1 atom stereocenters. The molecule has 0 aliphatic carbocycles. The highest BCUT2D eigenvalue weighted by atomic mass is 32.1. The van der Waals surface area contributed by atoms with Gasteiger partial charge in [0.2, 0.25) is 5.91 Å². The third-order valence-corrected chi connectivity index (χ3v) is 3.62. The van der Waals surface area contributed by atoms with E-state index in [9.17, 15) is 4.79 Å². The van der Waals surface area contributed by atoms with Gasteiger partial charge in [-0.3, -0.25) is 4.79 Å². The number of aromatic nitrogens is 1. The van der Waals surface area contributed by atoms with Crippen molar-refractivity contribution < 1.29 is 4.79 Å². The number of thiazole rings is 1. The molecule has 1 saturated heterocycles. The Labute approximate surface area is 99.5 Å². The zero-order valence-corrected chi connectivity index (χ0v) is 10.3. The summed E-state index contributed by atoms with van der Waals surface area (Å²) >= 11 is 1.48. The highest BCUT2D eigenvalue weighted by molar-refractivity contribution is 7.13. The van der Waals surface area contributed by atoms with Crippen molar-refractivity contribution in [3.63, 3.8) is 0 Å². The molecule has 16 heavy (non-hydrogen) atoms. The Bertz CT molecular complexity index is 358. The number of hydrogen-bond donors (Lipinski definition) is 2. The molecule has 2 N–H and O–H groups in total. The quantitative estimate of drug-likeness (QED) is 0.844. The van der Waals surface area contributed by atoms with Gasteiger partial charge in [-0.05, 0) is 32.7 Å². The van der Waals surface area contributed by atoms with Gasteiger partial charge in [-0.2, -0.15) is 0 Å². The Morgan fingerprint density at radius 2 is 2.62 bits per heavy atom. The number of amides is 1. The van der Waals surface area contributed by atoms with Crippen molar-refractivity contribution in [2.24, 2.45) is 0 Å². The van der Waals surface area contributed by atoms with Crippen LogP contribution in [0, 0.1) is 6.92 Å². The minimum Gasteiger partial charge on any atom is -0.314 e. The van der Waals surface area contributed by atoms with Crippen LogP contribution in [0.15, 0.2) is 5.38 Å². The summed E-state index contributed by atoms with van der Waals surface area (Å²) in [5, 5.41) is 8.86. The van der Waals surface area contributed by atoms with Gasteiger partial charge >= 0.3 is 0 Å². The lowest BCUT2D eigenvalue weighted by Crippen LogP contribution is -2.23. The van der Waals surface area contributed by atoms with Gasteiger partial charge in [0.05, 0.1) is 5.69 Å². The molecule has 1 amide bonds. The average molecular weight is 239 g/mol. The van der Waals surface area contributed by atoms with E-state index in [1.807, 2.05) is 12.3 Å². The molecule has 1 aliphatic heterocycles. The van der Waals surface area contributed by atoms with Crippen molar-refractivity contribution in [2.75, 3.05) is 11.9 Å². The SMILES string of the molecule is Cc1csc(NC(=O)CCC2CCCN2)n1. The van der Waals surface area contributed by atoms with E-state index < -0.39 is 0 Å². The number of carbonyl (C=O) groups is 1. The van der Waals surface area contributed by atoms with Gasteiger partial charge in [0.1, 0.15) is 0 Å². The fourth-order valence-corrected chi connectivity index (χ4v) is 2.61. The Balaban J connectivity index is 1.71. The summed E-state index contributed by atoms with van der Waals surface area (Å²) < 4.78 is 0. The van der Waals surface area contributed by atoms with Gasteiger partial charge in [0.15, 0.2) is 5.13 Å². The van der Waals surface area contributed by atoms with Crippen LogP contribution in [-0.2, 0) is 4.79 Å². The molecule has 4 nitrogen and oxygen atoms in total. The molecule has 2 heterocycles. The smallest absolute Gasteiger partial charge is 0.226 e. The zero-order valence-electron chi connectivity index (χ0n) is 9.45. The Morgan fingerprint density at radius 1 is 1.75 bits per heavy atom. The first-order chi connectivity index (χ1) is 7.74. The second-order valence-corrected chi connectivity index (χ2v) is 5.03. The fraction of sp³-hybridized carbons (Fsp3) is 0.636. The van der Waals surface area contributed by atoms with Crippen molar-refractivity contribution >= 4 is 22.4 Å². The van der Waals surface area contributed by atoms with E-state index >= 15 is 0 Å². The standard InChI is InChI=1S/C11H17N3OS/c1-8-7-16-11(13-8)14-10(15)5-4-9-3-2-6-12-9/h7,9,12H,2-6H2,1H3,(H,13,14,15). The van der Waals surface area contributed by atoms with E-state index in [0.29, 0.717) is 17.6 Å². The molecule has 0 radical (unpaired) electrons. The minimum absolute atomic E-state index is 0.0723. The van der Waals surface area contributed by atoms with Crippen molar-refractivity contribution in [1.82, 2.24) is 10.3 Å². The van der Waals surface area contributed by atoms with Crippen LogP contribution in [0.4, 0.5) is 5.13 Å². The van der Waals surface area contributed by atoms with Crippen LogP contribution in [0.25, 0.3) is 0 Å². The lowest BCUT2D eigenvalue weighted by molar-refractivity contribution is -0.116. The summed E-state index contributed by atoms with van der Waals surface area (Å²) in [7, 11) is 0. The molecular formula is C11H17N3OS. The lowest BCUT2D eigenvalue weighted by Gasteiger charge is -2.08. The molecule has 0 bridgehead atoms. The molecule has 88 valence electrons. The van der Waals surface area contributed by atoms with Crippen LogP contribution >= 0.6 is 11.3 Å². The maximum absolute atomic E-state index is 11.6. The van der Waals surface area contributed by atoms with Crippen molar-refractivity contribution in [3.8, 4) is 0 Å². The first-order valence-electron chi connectivity index (χ1n) is 5.69. The molecule has 0 aromatic carbocycles. The Morgan fingerprint density at radius 3 is 3.25 bits per heavy atom. The third kappa shape index (κ3) is 3.28. The van der Waals surface area contributed by atoms with Crippen LogP contribution in [0.2, 0.25) is 0 Å². The summed E-state index contributed by atoms with van der Waals surface area (Å²) in [6.45, 7) is 3.02. The number of nitrogens with one attached hydrogen (secondary N) is 2. The number of aryl methyl sites for hydroxylation is 1. The molecule has 1 aromatic rings. The number of hydrogen-bond acceptors (Lipinski definition) is 4. The van der Waals surface area contributed by atoms with E-state index in [1.54, 1.807) is 0 Å². The monoisotopic (exact) mass is 239 g/mol. The van der Waals surface area contributed by atoms with Crippen molar-refractivity contribution in [1.29, 1.82) is 0 Å². The molecule has 2 rings (SSSR count). The number of nitrogens with zero attached hydrogens (tertiary/aromatic N) is 1. The second-order valence-electron chi connectivity index (χ2n) is 4.17. The first-order valence-corrected chi connectivity index (χ1v) is 6.57. The van der Waals surface area contributed by atoms with E-state index in [-0.39, 0.29) is 5.91 Å². The van der Waals surface area contributed by atoms with Crippen molar-refractivity contribution in [3.05, 3.63) is 11.1 Å². The van der Waals surface area contributed by atoms with Gasteiger partial charge in [-0.15, -0.1) is 11.3 Å². The third-order valence-electron chi connectivity index (χ3n) is 2.75. The molecule has 0 spiro atoms. The largest absolute Gasteiger partial charge is 0.314 e. The van der Waals surface area contributed by atoms with E-state index in [4.69, 9.17) is 0 Å². The molecule has 1 aromatic heterocycles. The van der Waals surface area contributed by atoms with Crippen LogP contribution in [0.5, 0.6) is 0 Å². The molecule has 1 aliphatic rings. The molecule has 5 heteroatoms. The predicted molar refractivity (Wildman–Crippen MR) is 65.7 cm³/mol. The highest BCUT2D eigenvalue weighted by Crippen LogP contribution is 2.16. The van der Waals surface area contributed by atoms with Crippen LogP contribution in [0.3, 0.4) is 0 Å². The summed E-state index contributed by atoms with van der Waals surface area (Å²) in [5.74, 6) is 0.0723. The summed E-state index contributed by atoms with van der Waals surface area (Å²) in [5.41, 5.74) is 0.956. The molecule has 0 saturated carbocycles. The van der Waals surface area contributed by atoms with Gasteiger partial charge in [0.25, 0.3) is 0 Å². The van der Waals surface area contributed by atoms with E-state index in [0.717, 1.165) is 18.7 Å². The van der Waals surface area contributed by atoms with Crippen molar-refractivity contribution in [2.45, 2.75) is 38.6 Å². The van der Waals surface area contributed by atoms with Gasteiger partial charge in [-0.1, -0.05) is 0 Å². The molecule has 1 fully saturated rings. The van der Waals surface area contributed by atoms with Crippen LogP contribution < -0.4 is 10.6 Å². The van der Waals surface area contributed by atoms with Gasteiger partial charge in [0, 0.05) is 17.8 Å². The molecule has 1 unspecified atom stereocenters. The first kappa shape index (κ1) is 11.5. The summed E-state index contributed by atoms with van der Waals surface area (Å²) in [4.78, 5) is 15.8. The maximum atomic E-state index is 11.6.